The molecule has 0 aliphatic heterocycles. The Morgan fingerprint density at radius 3 is 1.84 bits per heavy atom. The van der Waals surface area contributed by atoms with E-state index in [2.05, 4.69) is 59.9 Å². The number of benzene rings is 3. The van der Waals surface area contributed by atoms with Gasteiger partial charge in [-0.05, 0) is 17.2 Å². The molecule has 0 spiro atoms. The molecule has 3 nitrogen and oxygen atoms in total. The Hall–Kier alpha value is -2.78. The summed E-state index contributed by atoms with van der Waals surface area (Å²) in [5.74, 6) is 1.52. The maximum atomic E-state index is 5.55. The summed E-state index contributed by atoms with van der Waals surface area (Å²) in [6, 6.07) is 27.0. The van der Waals surface area contributed by atoms with E-state index in [1.807, 2.05) is 24.3 Å². The van der Waals surface area contributed by atoms with Crippen LogP contribution < -0.4 is 14.8 Å². The SMILES string of the molecule is COc1cccc(CNC(c2ccccc2)c2ccccc2)c1OC. The molecular weight excluding hydrogens is 310 g/mol. The molecule has 0 saturated heterocycles. The number of ether oxygens (including phenoxy) is 2. The van der Waals surface area contributed by atoms with E-state index in [9.17, 15) is 0 Å². The monoisotopic (exact) mass is 333 g/mol. The summed E-state index contributed by atoms with van der Waals surface area (Å²) in [6.07, 6.45) is 0. The molecule has 0 radical (unpaired) electrons. The lowest BCUT2D eigenvalue weighted by Crippen LogP contribution is -2.22. The summed E-state index contributed by atoms with van der Waals surface area (Å²) in [5.41, 5.74) is 3.53. The molecule has 0 bridgehead atoms. The molecule has 3 aromatic rings. The molecule has 3 heteroatoms. The Kier molecular flexibility index (Phi) is 5.70. The van der Waals surface area contributed by atoms with Crippen LogP contribution in [-0.4, -0.2) is 14.2 Å². The molecule has 0 heterocycles. The van der Waals surface area contributed by atoms with Gasteiger partial charge >= 0.3 is 0 Å². The van der Waals surface area contributed by atoms with E-state index in [1.54, 1.807) is 14.2 Å². The second-order valence-corrected chi connectivity index (χ2v) is 5.79. The van der Waals surface area contributed by atoms with Crippen LogP contribution in [0.1, 0.15) is 22.7 Å². The predicted octanol–water partition coefficient (Wildman–Crippen LogP) is 4.58. The average Bonchev–Trinajstić information content (AvgIpc) is 2.69. The van der Waals surface area contributed by atoms with Crippen molar-refractivity contribution in [2.75, 3.05) is 14.2 Å². The number of rotatable bonds is 7. The van der Waals surface area contributed by atoms with Gasteiger partial charge < -0.3 is 14.8 Å². The zero-order chi connectivity index (χ0) is 17.5. The molecule has 0 aromatic heterocycles. The van der Waals surface area contributed by atoms with Crippen LogP contribution >= 0.6 is 0 Å². The molecule has 3 aromatic carbocycles. The first-order valence-corrected chi connectivity index (χ1v) is 8.36. The maximum absolute atomic E-state index is 5.55. The van der Waals surface area contributed by atoms with Gasteiger partial charge in [0.15, 0.2) is 11.5 Å². The van der Waals surface area contributed by atoms with Crippen LogP contribution in [-0.2, 0) is 6.54 Å². The van der Waals surface area contributed by atoms with Crippen molar-refractivity contribution in [3.05, 3.63) is 95.6 Å². The van der Waals surface area contributed by atoms with Gasteiger partial charge in [0, 0.05) is 12.1 Å². The van der Waals surface area contributed by atoms with Crippen LogP contribution in [0.3, 0.4) is 0 Å². The summed E-state index contributed by atoms with van der Waals surface area (Å²) in [7, 11) is 3.33. The normalized spacial score (nSPS) is 10.7. The van der Waals surface area contributed by atoms with Crippen molar-refractivity contribution in [1.29, 1.82) is 0 Å². The maximum Gasteiger partial charge on any atom is 0.165 e. The number of para-hydroxylation sites is 1. The van der Waals surface area contributed by atoms with Gasteiger partial charge in [-0.15, -0.1) is 0 Å². The first-order chi connectivity index (χ1) is 12.3. The minimum absolute atomic E-state index is 0.110. The van der Waals surface area contributed by atoms with Crippen LogP contribution in [0.4, 0.5) is 0 Å². The third kappa shape index (κ3) is 4.01. The molecule has 1 N–H and O–H groups in total. The van der Waals surface area contributed by atoms with Gasteiger partial charge in [-0.3, -0.25) is 0 Å². The number of nitrogens with one attached hydrogen (secondary N) is 1. The molecule has 0 amide bonds. The zero-order valence-electron chi connectivity index (χ0n) is 14.6. The molecule has 0 aliphatic carbocycles. The molecule has 0 atom stereocenters. The summed E-state index contributed by atoms with van der Waals surface area (Å²) in [5, 5.41) is 3.66. The van der Waals surface area contributed by atoms with Gasteiger partial charge in [0.2, 0.25) is 0 Å². The molecule has 0 saturated carbocycles. The van der Waals surface area contributed by atoms with Crippen molar-refractivity contribution in [2.24, 2.45) is 0 Å². The molecule has 0 aliphatic rings. The highest BCUT2D eigenvalue weighted by Crippen LogP contribution is 2.31. The minimum atomic E-state index is 0.110. The molecule has 0 unspecified atom stereocenters. The van der Waals surface area contributed by atoms with E-state index >= 15 is 0 Å². The summed E-state index contributed by atoms with van der Waals surface area (Å²) < 4.78 is 10.9. The van der Waals surface area contributed by atoms with Crippen molar-refractivity contribution in [1.82, 2.24) is 5.32 Å². The van der Waals surface area contributed by atoms with Crippen molar-refractivity contribution < 1.29 is 9.47 Å². The number of hydrogen-bond acceptors (Lipinski definition) is 3. The fourth-order valence-electron chi connectivity index (χ4n) is 3.02. The summed E-state index contributed by atoms with van der Waals surface area (Å²) in [4.78, 5) is 0. The van der Waals surface area contributed by atoms with E-state index in [0.717, 1.165) is 17.1 Å². The van der Waals surface area contributed by atoms with Crippen LogP contribution in [0, 0.1) is 0 Å². The highest BCUT2D eigenvalue weighted by Gasteiger charge is 2.15. The fourth-order valence-corrected chi connectivity index (χ4v) is 3.02. The third-order valence-electron chi connectivity index (χ3n) is 4.25. The van der Waals surface area contributed by atoms with E-state index in [1.165, 1.54) is 11.1 Å². The number of methoxy groups -OCH3 is 2. The largest absolute Gasteiger partial charge is 0.493 e. The predicted molar refractivity (Wildman–Crippen MR) is 101 cm³/mol. The first-order valence-electron chi connectivity index (χ1n) is 8.36. The van der Waals surface area contributed by atoms with E-state index in [0.29, 0.717) is 6.54 Å². The van der Waals surface area contributed by atoms with Gasteiger partial charge in [0.25, 0.3) is 0 Å². The highest BCUT2D eigenvalue weighted by atomic mass is 16.5. The standard InChI is InChI=1S/C22H23NO2/c1-24-20-15-9-14-19(22(20)25-2)16-23-21(17-10-5-3-6-11-17)18-12-7-4-8-13-18/h3-15,21,23H,16H2,1-2H3. The molecule has 25 heavy (non-hydrogen) atoms. The van der Waals surface area contributed by atoms with Gasteiger partial charge in [0.1, 0.15) is 0 Å². The Balaban J connectivity index is 1.88. The van der Waals surface area contributed by atoms with Crippen LogP contribution in [0.15, 0.2) is 78.9 Å². The Labute approximate surface area is 149 Å². The van der Waals surface area contributed by atoms with Crippen LogP contribution in [0.2, 0.25) is 0 Å². The molecule has 0 fully saturated rings. The lowest BCUT2D eigenvalue weighted by Gasteiger charge is -2.21. The molecule has 3 rings (SSSR count). The Bertz CT molecular complexity index is 748. The average molecular weight is 333 g/mol. The van der Waals surface area contributed by atoms with Gasteiger partial charge in [-0.1, -0.05) is 72.8 Å². The van der Waals surface area contributed by atoms with Crippen LogP contribution in [0.5, 0.6) is 11.5 Å². The molecular formula is C22H23NO2. The topological polar surface area (TPSA) is 30.5 Å². The molecule has 128 valence electrons. The zero-order valence-corrected chi connectivity index (χ0v) is 14.6. The van der Waals surface area contributed by atoms with E-state index < -0.39 is 0 Å². The van der Waals surface area contributed by atoms with Gasteiger partial charge in [0.05, 0.1) is 20.3 Å². The quantitative estimate of drug-likeness (QED) is 0.686. The summed E-state index contributed by atoms with van der Waals surface area (Å²) >= 11 is 0. The van der Waals surface area contributed by atoms with Gasteiger partial charge in [-0.25, -0.2) is 0 Å². The lowest BCUT2D eigenvalue weighted by atomic mass is 9.98. The van der Waals surface area contributed by atoms with Gasteiger partial charge in [-0.2, -0.15) is 0 Å². The van der Waals surface area contributed by atoms with Crippen molar-refractivity contribution in [3.8, 4) is 11.5 Å². The third-order valence-corrected chi connectivity index (χ3v) is 4.25. The van der Waals surface area contributed by atoms with Crippen molar-refractivity contribution in [2.45, 2.75) is 12.6 Å². The number of hydrogen-bond donors (Lipinski definition) is 1. The van der Waals surface area contributed by atoms with Crippen LogP contribution in [0.25, 0.3) is 0 Å². The Morgan fingerprint density at radius 1 is 0.720 bits per heavy atom. The second kappa shape index (κ2) is 8.36. The lowest BCUT2D eigenvalue weighted by molar-refractivity contribution is 0.350. The minimum Gasteiger partial charge on any atom is -0.493 e. The van der Waals surface area contributed by atoms with E-state index in [4.69, 9.17) is 9.47 Å². The smallest absolute Gasteiger partial charge is 0.165 e. The van der Waals surface area contributed by atoms with E-state index in [-0.39, 0.29) is 6.04 Å². The first kappa shape index (κ1) is 17.1. The Morgan fingerprint density at radius 2 is 1.32 bits per heavy atom. The van der Waals surface area contributed by atoms with Crippen molar-refractivity contribution >= 4 is 0 Å². The fraction of sp³-hybridized carbons (Fsp3) is 0.182. The summed E-state index contributed by atoms with van der Waals surface area (Å²) in [6.45, 7) is 0.675. The second-order valence-electron chi connectivity index (χ2n) is 5.79. The highest BCUT2D eigenvalue weighted by molar-refractivity contribution is 5.46. The van der Waals surface area contributed by atoms with Crippen molar-refractivity contribution in [3.63, 3.8) is 0 Å².